The normalized spacial score (nSPS) is 10.5. The van der Waals surface area contributed by atoms with Crippen LogP contribution in [-0.4, -0.2) is 18.1 Å². The van der Waals surface area contributed by atoms with Gasteiger partial charge in [-0.25, -0.2) is 18.6 Å². The number of aromatic nitrogens is 1. The summed E-state index contributed by atoms with van der Waals surface area (Å²) >= 11 is 8.39. The Balaban J connectivity index is 3.25. The highest BCUT2D eigenvalue weighted by molar-refractivity contribution is 9.10. The molecule has 0 amide bonds. The second-order valence-electron chi connectivity index (χ2n) is 2.49. The second kappa shape index (κ2) is 4.85. The molecular weight excluding hydrogens is 295 g/mol. The van der Waals surface area contributed by atoms with E-state index in [9.17, 15) is 13.6 Å². The number of rotatable bonds is 2. The highest BCUT2D eigenvalue weighted by Crippen LogP contribution is 2.32. The third-order valence-electron chi connectivity index (χ3n) is 1.57. The van der Waals surface area contributed by atoms with Gasteiger partial charge in [0, 0.05) is 4.47 Å². The Morgan fingerprint density at radius 3 is 2.67 bits per heavy atom. The number of pyridine rings is 1. The maximum absolute atomic E-state index is 12.4. The first-order valence-corrected chi connectivity index (χ1v) is 4.87. The van der Waals surface area contributed by atoms with Gasteiger partial charge >= 0.3 is 5.97 Å². The monoisotopic (exact) mass is 299 g/mol. The van der Waals surface area contributed by atoms with Gasteiger partial charge in [0.2, 0.25) is 0 Å². The highest BCUT2D eigenvalue weighted by Gasteiger charge is 2.20. The van der Waals surface area contributed by atoms with Crippen LogP contribution in [-0.2, 0) is 4.74 Å². The molecule has 1 heterocycles. The van der Waals surface area contributed by atoms with Crippen molar-refractivity contribution in [2.24, 2.45) is 0 Å². The van der Waals surface area contributed by atoms with Gasteiger partial charge in [0.05, 0.1) is 12.7 Å². The molecule has 0 fully saturated rings. The lowest BCUT2D eigenvalue weighted by Gasteiger charge is -2.07. The van der Waals surface area contributed by atoms with Crippen LogP contribution in [0.5, 0.6) is 0 Å². The molecule has 0 spiro atoms. The highest BCUT2D eigenvalue weighted by atomic mass is 79.9. The molecule has 0 unspecified atom stereocenters. The number of halogens is 4. The lowest BCUT2D eigenvalue weighted by molar-refractivity contribution is 0.0593. The van der Waals surface area contributed by atoms with Crippen LogP contribution in [0.1, 0.15) is 22.5 Å². The number of nitrogens with zero attached hydrogens (tertiary/aromatic N) is 1. The minimum atomic E-state index is -2.76. The first-order chi connectivity index (χ1) is 6.97. The van der Waals surface area contributed by atoms with Gasteiger partial charge in [-0.2, -0.15) is 0 Å². The van der Waals surface area contributed by atoms with Crippen molar-refractivity contribution in [3.05, 3.63) is 26.9 Å². The number of carbonyl (C=O) groups is 1. The summed E-state index contributed by atoms with van der Waals surface area (Å²) in [5.74, 6) is -0.738. The maximum Gasteiger partial charge on any atom is 0.356 e. The fourth-order valence-corrected chi connectivity index (χ4v) is 1.87. The first kappa shape index (κ1) is 12.3. The van der Waals surface area contributed by atoms with E-state index in [1.165, 1.54) is 0 Å². The van der Waals surface area contributed by atoms with E-state index in [0.717, 1.165) is 13.2 Å². The van der Waals surface area contributed by atoms with E-state index >= 15 is 0 Å². The van der Waals surface area contributed by atoms with Gasteiger partial charge in [-0.05, 0) is 6.07 Å². The molecule has 0 radical (unpaired) electrons. The number of hydrogen-bond acceptors (Lipinski definition) is 3. The SMILES string of the molecule is COC(=O)c1cc(Br)c(C(F)F)c(Cl)n1. The van der Waals surface area contributed by atoms with Gasteiger partial charge in [-0.15, -0.1) is 0 Å². The molecule has 0 aliphatic rings. The van der Waals surface area contributed by atoms with E-state index in [-0.39, 0.29) is 10.2 Å². The molecule has 0 aliphatic heterocycles. The van der Waals surface area contributed by atoms with Crippen molar-refractivity contribution in [2.75, 3.05) is 7.11 Å². The van der Waals surface area contributed by atoms with Crippen LogP contribution < -0.4 is 0 Å². The van der Waals surface area contributed by atoms with Crippen molar-refractivity contribution in [1.82, 2.24) is 4.98 Å². The van der Waals surface area contributed by atoms with Crippen LogP contribution in [0.3, 0.4) is 0 Å². The lowest BCUT2D eigenvalue weighted by atomic mass is 10.2. The fraction of sp³-hybridized carbons (Fsp3) is 0.250. The number of esters is 1. The molecule has 1 aromatic rings. The third kappa shape index (κ3) is 2.63. The van der Waals surface area contributed by atoms with Crippen LogP contribution in [0.4, 0.5) is 8.78 Å². The van der Waals surface area contributed by atoms with Crippen molar-refractivity contribution >= 4 is 33.5 Å². The molecule has 0 bridgehead atoms. The molecule has 82 valence electrons. The molecule has 3 nitrogen and oxygen atoms in total. The van der Waals surface area contributed by atoms with Crippen molar-refractivity contribution in [3.63, 3.8) is 0 Å². The lowest BCUT2D eigenvalue weighted by Crippen LogP contribution is -2.06. The van der Waals surface area contributed by atoms with Crippen LogP contribution in [0, 0.1) is 0 Å². The van der Waals surface area contributed by atoms with E-state index in [2.05, 4.69) is 25.7 Å². The number of alkyl halides is 2. The Morgan fingerprint density at radius 2 is 2.27 bits per heavy atom. The Kier molecular flexibility index (Phi) is 3.98. The number of methoxy groups -OCH3 is 1. The van der Waals surface area contributed by atoms with Gasteiger partial charge in [-0.1, -0.05) is 27.5 Å². The van der Waals surface area contributed by atoms with Crippen molar-refractivity contribution in [2.45, 2.75) is 6.43 Å². The average molecular weight is 300 g/mol. The summed E-state index contributed by atoms with van der Waals surface area (Å²) in [5.41, 5.74) is -0.567. The van der Waals surface area contributed by atoms with Gasteiger partial charge in [0.15, 0.2) is 5.69 Å². The first-order valence-electron chi connectivity index (χ1n) is 3.69. The molecule has 0 saturated carbocycles. The number of ether oxygens (including phenoxy) is 1. The zero-order chi connectivity index (χ0) is 11.6. The van der Waals surface area contributed by atoms with Crippen molar-refractivity contribution in [3.8, 4) is 0 Å². The largest absolute Gasteiger partial charge is 0.464 e. The van der Waals surface area contributed by atoms with E-state index in [1.54, 1.807) is 0 Å². The molecule has 0 atom stereocenters. The number of carbonyl (C=O) groups excluding carboxylic acids is 1. The van der Waals surface area contributed by atoms with E-state index in [4.69, 9.17) is 11.6 Å². The molecule has 1 aromatic heterocycles. The Hall–Kier alpha value is -0.750. The molecule has 15 heavy (non-hydrogen) atoms. The zero-order valence-corrected chi connectivity index (χ0v) is 9.77. The average Bonchev–Trinajstić information content (AvgIpc) is 2.14. The number of hydrogen-bond donors (Lipinski definition) is 0. The van der Waals surface area contributed by atoms with Crippen LogP contribution in [0.2, 0.25) is 5.15 Å². The van der Waals surface area contributed by atoms with Crippen molar-refractivity contribution < 1.29 is 18.3 Å². The van der Waals surface area contributed by atoms with Crippen molar-refractivity contribution in [1.29, 1.82) is 0 Å². The van der Waals surface area contributed by atoms with Gasteiger partial charge < -0.3 is 4.74 Å². The molecule has 7 heteroatoms. The summed E-state index contributed by atoms with van der Waals surface area (Å²) in [7, 11) is 1.16. The predicted octanol–water partition coefficient (Wildman–Crippen LogP) is 3.22. The van der Waals surface area contributed by atoms with Crippen LogP contribution in [0.25, 0.3) is 0 Å². The molecule has 1 rings (SSSR count). The van der Waals surface area contributed by atoms with E-state index in [1.807, 2.05) is 0 Å². The quantitative estimate of drug-likeness (QED) is 0.622. The second-order valence-corrected chi connectivity index (χ2v) is 3.70. The Bertz CT molecular complexity index is 377. The van der Waals surface area contributed by atoms with Crippen LogP contribution in [0.15, 0.2) is 10.5 Å². The Labute approximate surface area is 97.5 Å². The van der Waals surface area contributed by atoms with Crippen LogP contribution >= 0.6 is 27.5 Å². The Morgan fingerprint density at radius 1 is 1.67 bits per heavy atom. The summed E-state index contributed by atoms with van der Waals surface area (Å²) < 4.78 is 29.3. The minimum absolute atomic E-state index is 0.0258. The van der Waals surface area contributed by atoms with E-state index in [0.29, 0.717) is 0 Å². The minimum Gasteiger partial charge on any atom is -0.464 e. The summed E-state index contributed by atoms with van der Waals surface area (Å²) in [6.45, 7) is 0. The summed E-state index contributed by atoms with van der Waals surface area (Å²) in [6, 6.07) is 1.14. The predicted molar refractivity (Wildman–Crippen MR) is 53.2 cm³/mol. The summed E-state index contributed by atoms with van der Waals surface area (Å²) in [5, 5.41) is -0.417. The molecular formula is C8H5BrClF2NO2. The standard InChI is InChI=1S/C8H5BrClF2NO2/c1-15-8(14)4-2-3(9)5(7(11)12)6(10)13-4/h2,7H,1H3. The van der Waals surface area contributed by atoms with Gasteiger partial charge in [0.1, 0.15) is 5.15 Å². The molecule has 0 N–H and O–H groups in total. The van der Waals surface area contributed by atoms with Gasteiger partial charge in [0.25, 0.3) is 6.43 Å². The maximum atomic E-state index is 12.4. The van der Waals surface area contributed by atoms with E-state index < -0.39 is 23.1 Å². The zero-order valence-electron chi connectivity index (χ0n) is 7.43. The summed E-state index contributed by atoms with van der Waals surface area (Å²) in [6.07, 6.45) is -2.76. The smallest absolute Gasteiger partial charge is 0.356 e. The summed E-state index contributed by atoms with van der Waals surface area (Å²) in [4.78, 5) is 14.6. The third-order valence-corrected chi connectivity index (χ3v) is 2.52. The van der Waals surface area contributed by atoms with Gasteiger partial charge in [-0.3, -0.25) is 0 Å². The fourth-order valence-electron chi connectivity index (χ4n) is 0.898. The molecule has 0 saturated heterocycles. The topological polar surface area (TPSA) is 39.2 Å². The molecule has 0 aliphatic carbocycles. The molecule has 0 aromatic carbocycles.